The Balaban J connectivity index is 1.68. The first kappa shape index (κ1) is 22.0. The zero-order valence-corrected chi connectivity index (χ0v) is 19.3. The highest BCUT2D eigenvalue weighted by molar-refractivity contribution is 7.15. The van der Waals surface area contributed by atoms with Crippen molar-refractivity contribution in [3.05, 3.63) is 47.5 Å². The largest absolute Gasteiger partial charge is 0.482 e. The third-order valence-electron chi connectivity index (χ3n) is 5.08. The van der Waals surface area contributed by atoms with Crippen LogP contribution in [0.25, 0.3) is 22.0 Å². The first-order valence-electron chi connectivity index (χ1n) is 10.5. The van der Waals surface area contributed by atoms with Gasteiger partial charge in [-0.3, -0.25) is 14.7 Å². The van der Waals surface area contributed by atoms with Gasteiger partial charge in [0.15, 0.2) is 6.61 Å². The highest BCUT2D eigenvalue weighted by atomic mass is 32.1. The molecule has 1 amide bonds. The molecule has 3 aromatic rings. The molecule has 0 saturated heterocycles. The molecule has 0 fully saturated rings. The molecular weight excluding hydrogens is 426 g/mol. The summed E-state index contributed by atoms with van der Waals surface area (Å²) in [5.41, 5.74) is 3.00. The molecule has 0 aliphatic carbocycles. The molecule has 4 rings (SSSR count). The van der Waals surface area contributed by atoms with Crippen LogP contribution in [0.5, 0.6) is 5.75 Å². The van der Waals surface area contributed by atoms with E-state index in [9.17, 15) is 9.59 Å². The summed E-state index contributed by atoms with van der Waals surface area (Å²) in [6.07, 6.45) is 1.74. The first-order valence-corrected chi connectivity index (χ1v) is 11.3. The molecule has 1 atom stereocenters. The van der Waals surface area contributed by atoms with Gasteiger partial charge in [0.1, 0.15) is 16.8 Å². The molecule has 1 aliphatic heterocycles. The van der Waals surface area contributed by atoms with Crippen molar-refractivity contribution in [2.24, 2.45) is 5.92 Å². The van der Waals surface area contributed by atoms with Crippen LogP contribution in [0.1, 0.15) is 25.6 Å². The lowest BCUT2D eigenvalue weighted by Gasteiger charge is -2.33. The van der Waals surface area contributed by atoms with Gasteiger partial charge in [-0.05, 0) is 50.1 Å². The highest BCUT2D eigenvalue weighted by Crippen LogP contribution is 2.39. The number of aryl methyl sites for hydroxylation is 1. The van der Waals surface area contributed by atoms with Crippen LogP contribution in [0.4, 0.5) is 5.69 Å². The van der Waals surface area contributed by atoms with Crippen molar-refractivity contribution in [1.82, 2.24) is 9.97 Å². The minimum Gasteiger partial charge on any atom is -0.482 e. The zero-order chi connectivity index (χ0) is 22.8. The van der Waals surface area contributed by atoms with Crippen LogP contribution in [0.3, 0.4) is 0 Å². The van der Waals surface area contributed by atoms with E-state index in [1.807, 2.05) is 57.2 Å². The lowest BCUT2D eigenvalue weighted by Crippen LogP contribution is -2.48. The van der Waals surface area contributed by atoms with E-state index in [0.29, 0.717) is 18.0 Å². The fraction of sp³-hybridized carbons (Fsp3) is 0.333. The summed E-state index contributed by atoms with van der Waals surface area (Å²) in [5.74, 6) is 0.0430. The predicted molar refractivity (Wildman–Crippen MR) is 124 cm³/mol. The number of carbonyl (C=O) groups is 2. The van der Waals surface area contributed by atoms with E-state index in [1.54, 1.807) is 24.5 Å². The summed E-state index contributed by atoms with van der Waals surface area (Å²) in [7, 11) is 0. The van der Waals surface area contributed by atoms with Gasteiger partial charge in [0, 0.05) is 16.6 Å². The van der Waals surface area contributed by atoms with Gasteiger partial charge >= 0.3 is 5.97 Å². The molecule has 3 heterocycles. The summed E-state index contributed by atoms with van der Waals surface area (Å²) in [6, 6.07) is 10.5. The van der Waals surface area contributed by atoms with Gasteiger partial charge in [0.25, 0.3) is 5.91 Å². The van der Waals surface area contributed by atoms with Crippen LogP contribution in [0.15, 0.2) is 42.6 Å². The van der Waals surface area contributed by atoms with Gasteiger partial charge in [-0.25, -0.2) is 9.78 Å². The van der Waals surface area contributed by atoms with Crippen LogP contribution in [-0.2, 0) is 14.3 Å². The number of thiazole rings is 1. The molecule has 166 valence electrons. The highest BCUT2D eigenvalue weighted by Gasteiger charge is 2.34. The zero-order valence-electron chi connectivity index (χ0n) is 18.5. The number of aromatic nitrogens is 2. The number of esters is 1. The predicted octanol–water partition coefficient (Wildman–Crippen LogP) is 4.49. The summed E-state index contributed by atoms with van der Waals surface area (Å²) in [6.45, 7) is 7.81. The molecule has 0 N–H and O–H groups in total. The van der Waals surface area contributed by atoms with Gasteiger partial charge in [-0.1, -0.05) is 19.9 Å². The summed E-state index contributed by atoms with van der Waals surface area (Å²) >= 11 is 1.56. The molecule has 32 heavy (non-hydrogen) atoms. The number of pyridine rings is 1. The topological polar surface area (TPSA) is 81.6 Å². The van der Waals surface area contributed by atoms with Gasteiger partial charge in [0.05, 0.1) is 23.7 Å². The number of carbonyl (C=O) groups excluding carboxylic acids is 2. The van der Waals surface area contributed by atoms with Gasteiger partial charge in [-0.2, -0.15) is 0 Å². The molecule has 0 radical (unpaired) electrons. The monoisotopic (exact) mass is 451 g/mol. The van der Waals surface area contributed by atoms with Crippen LogP contribution in [-0.4, -0.2) is 41.1 Å². The maximum absolute atomic E-state index is 12.7. The maximum atomic E-state index is 12.7. The van der Waals surface area contributed by atoms with E-state index in [0.717, 1.165) is 26.8 Å². The Morgan fingerprint density at radius 2 is 2.06 bits per heavy atom. The second-order valence-corrected chi connectivity index (χ2v) is 9.28. The molecule has 0 spiro atoms. The van der Waals surface area contributed by atoms with Crippen molar-refractivity contribution in [2.45, 2.75) is 33.7 Å². The number of hydrogen-bond acceptors (Lipinski definition) is 7. The number of fused-ring (bicyclic) bond motifs is 1. The van der Waals surface area contributed by atoms with Crippen LogP contribution < -0.4 is 9.64 Å². The summed E-state index contributed by atoms with van der Waals surface area (Å²) in [4.78, 5) is 37.0. The Kier molecular flexibility index (Phi) is 6.23. The Bertz CT molecular complexity index is 1140. The smallest absolute Gasteiger partial charge is 0.328 e. The minimum atomic E-state index is -0.764. The fourth-order valence-electron chi connectivity index (χ4n) is 3.48. The van der Waals surface area contributed by atoms with Crippen LogP contribution >= 0.6 is 11.3 Å². The Labute approximate surface area is 191 Å². The number of benzene rings is 1. The lowest BCUT2D eigenvalue weighted by atomic mass is 10.1. The van der Waals surface area contributed by atoms with Crippen LogP contribution in [0.2, 0.25) is 0 Å². The third kappa shape index (κ3) is 4.36. The van der Waals surface area contributed by atoms with Crippen molar-refractivity contribution in [1.29, 1.82) is 0 Å². The molecule has 7 nitrogen and oxygen atoms in total. The van der Waals surface area contributed by atoms with E-state index < -0.39 is 12.0 Å². The fourth-order valence-corrected chi connectivity index (χ4v) is 4.39. The number of ether oxygens (including phenoxy) is 2. The molecule has 2 aromatic heterocycles. The van der Waals surface area contributed by atoms with Crippen molar-refractivity contribution >= 4 is 28.9 Å². The first-order chi connectivity index (χ1) is 15.3. The summed E-state index contributed by atoms with van der Waals surface area (Å²) < 4.78 is 11.0. The minimum absolute atomic E-state index is 0.117. The molecule has 8 heteroatoms. The van der Waals surface area contributed by atoms with Crippen molar-refractivity contribution in [3.8, 4) is 27.7 Å². The van der Waals surface area contributed by atoms with E-state index in [1.165, 1.54) is 4.90 Å². The van der Waals surface area contributed by atoms with Crippen molar-refractivity contribution in [3.63, 3.8) is 0 Å². The van der Waals surface area contributed by atoms with Gasteiger partial charge in [0.2, 0.25) is 0 Å². The molecule has 1 aliphatic rings. The number of hydrogen-bond donors (Lipinski definition) is 0. The van der Waals surface area contributed by atoms with E-state index in [-0.39, 0.29) is 18.4 Å². The second kappa shape index (κ2) is 9.08. The quantitative estimate of drug-likeness (QED) is 0.514. The second-order valence-electron chi connectivity index (χ2n) is 8.07. The van der Waals surface area contributed by atoms with E-state index >= 15 is 0 Å². The lowest BCUT2D eigenvalue weighted by molar-refractivity contribution is -0.147. The Morgan fingerprint density at radius 3 is 2.78 bits per heavy atom. The SMILES string of the molecule is Cc1sc(-c2ccccn2)nc1-c1ccc2c(c1)N(C(C)C(=O)OCC(C)C)C(=O)CO2. The van der Waals surface area contributed by atoms with Crippen molar-refractivity contribution < 1.29 is 19.1 Å². The average molecular weight is 452 g/mol. The number of nitrogens with zero attached hydrogens (tertiary/aromatic N) is 3. The molecule has 1 unspecified atom stereocenters. The number of anilines is 1. The molecule has 0 bridgehead atoms. The molecule has 0 saturated carbocycles. The third-order valence-corrected chi connectivity index (χ3v) is 6.07. The van der Waals surface area contributed by atoms with E-state index in [2.05, 4.69) is 4.98 Å². The molecular formula is C24H25N3O4S. The molecule has 1 aromatic carbocycles. The Morgan fingerprint density at radius 1 is 1.25 bits per heavy atom. The average Bonchev–Trinajstić information content (AvgIpc) is 3.18. The number of rotatable bonds is 6. The van der Waals surface area contributed by atoms with Crippen molar-refractivity contribution in [2.75, 3.05) is 18.1 Å². The van der Waals surface area contributed by atoms with Gasteiger partial charge < -0.3 is 9.47 Å². The van der Waals surface area contributed by atoms with Crippen LogP contribution in [0, 0.1) is 12.8 Å². The normalized spacial score (nSPS) is 14.2. The Hall–Kier alpha value is -3.26. The van der Waals surface area contributed by atoms with E-state index in [4.69, 9.17) is 14.5 Å². The maximum Gasteiger partial charge on any atom is 0.328 e. The standard InChI is InChI=1S/C24H25N3O4S/c1-14(2)12-31-24(29)15(3)27-19-11-17(8-9-20(19)30-13-21(27)28)22-16(4)32-23(26-22)18-7-5-6-10-25-18/h5-11,14-15H,12-13H2,1-4H3. The summed E-state index contributed by atoms with van der Waals surface area (Å²) in [5, 5.41) is 0.825. The van der Waals surface area contributed by atoms with Gasteiger partial charge in [-0.15, -0.1) is 11.3 Å². The number of amides is 1.